The molecule has 0 amide bonds. The molecule has 0 aromatic carbocycles. The lowest BCUT2D eigenvalue weighted by molar-refractivity contribution is 0.552. The minimum atomic E-state index is 0.543. The number of aromatic nitrogens is 2. The first-order chi connectivity index (χ1) is 8.29. The minimum absolute atomic E-state index is 0.543. The number of hydrogen-bond acceptors (Lipinski definition) is 4. The molecule has 0 bridgehead atoms. The highest BCUT2D eigenvalue weighted by atomic mass is 35.5. The Morgan fingerprint density at radius 1 is 1.12 bits per heavy atom. The molecule has 1 fully saturated rings. The van der Waals surface area contributed by atoms with Gasteiger partial charge in [-0.15, -0.1) is 0 Å². The summed E-state index contributed by atoms with van der Waals surface area (Å²) in [5.41, 5.74) is 0. The molecule has 0 saturated carbocycles. The van der Waals surface area contributed by atoms with E-state index in [1.165, 1.54) is 43.9 Å². The lowest BCUT2D eigenvalue weighted by Crippen LogP contribution is -2.28. The third-order valence-electron chi connectivity index (χ3n) is 3.02. The summed E-state index contributed by atoms with van der Waals surface area (Å²) in [6, 6.07) is 1.88. The van der Waals surface area contributed by atoms with Crippen LogP contribution in [-0.4, -0.2) is 29.3 Å². The molecule has 17 heavy (non-hydrogen) atoms. The summed E-state index contributed by atoms with van der Waals surface area (Å²) < 4.78 is 0. The Labute approximate surface area is 112 Å². The Kier molecular flexibility index (Phi) is 4.92. The van der Waals surface area contributed by atoms with Gasteiger partial charge in [0.05, 0.1) is 0 Å². The summed E-state index contributed by atoms with van der Waals surface area (Å²) in [5, 5.41) is 1.30. The third kappa shape index (κ3) is 3.75. The molecule has 0 aliphatic carbocycles. The average molecular weight is 272 g/mol. The third-order valence-corrected chi connectivity index (χ3v) is 3.76. The monoisotopic (exact) mass is 271 g/mol. The first-order valence-corrected chi connectivity index (χ1v) is 7.73. The van der Waals surface area contributed by atoms with Gasteiger partial charge in [-0.3, -0.25) is 0 Å². The van der Waals surface area contributed by atoms with Crippen LogP contribution in [0.4, 0.5) is 5.82 Å². The van der Waals surface area contributed by atoms with Crippen molar-refractivity contribution in [2.75, 3.05) is 24.2 Å². The van der Waals surface area contributed by atoms with E-state index < -0.39 is 0 Å². The zero-order chi connectivity index (χ0) is 12.1. The molecule has 0 atom stereocenters. The zero-order valence-corrected chi connectivity index (χ0v) is 11.7. The molecule has 1 aliphatic rings. The molecule has 94 valence electrons. The molecule has 0 unspecified atom stereocenters. The summed E-state index contributed by atoms with van der Waals surface area (Å²) in [7, 11) is 0. The first-order valence-electron chi connectivity index (χ1n) is 6.13. The highest BCUT2D eigenvalue weighted by Gasteiger charge is 2.12. The van der Waals surface area contributed by atoms with Crippen LogP contribution < -0.4 is 4.90 Å². The molecule has 3 nitrogen and oxygen atoms in total. The summed E-state index contributed by atoms with van der Waals surface area (Å²) >= 11 is 7.57. The van der Waals surface area contributed by atoms with Crippen LogP contribution in [0, 0.1) is 0 Å². The molecule has 1 saturated heterocycles. The van der Waals surface area contributed by atoms with Crippen molar-refractivity contribution in [1.29, 1.82) is 0 Å². The Bertz CT molecular complexity index is 365. The van der Waals surface area contributed by atoms with E-state index in [9.17, 15) is 0 Å². The van der Waals surface area contributed by atoms with E-state index in [4.69, 9.17) is 11.6 Å². The van der Waals surface area contributed by atoms with Gasteiger partial charge in [-0.05, 0) is 19.1 Å². The van der Waals surface area contributed by atoms with Gasteiger partial charge < -0.3 is 4.90 Å². The van der Waals surface area contributed by atoms with Crippen molar-refractivity contribution >= 4 is 29.2 Å². The van der Waals surface area contributed by atoms with Crippen molar-refractivity contribution in [1.82, 2.24) is 9.97 Å². The SMILES string of the molecule is CSc1nc(Cl)cc(N2CCCCCCC2)n1. The predicted molar refractivity (Wildman–Crippen MR) is 74.1 cm³/mol. The number of thioether (sulfide) groups is 1. The van der Waals surface area contributed by atoms with Gasteiger partial charge in [0.1, 0.15) is 11.0 Å². The minimum Gasteiger partial charge on any atom is -0.356 e. The molecule has 1 aliphatic heterocycles. The van der Waals surface area contributed by atoms with Gasteiger partial charge in [-0.2, -0.15) is 0 Å². The quantitative estimate of drug-likeness (QED) is 0.467. The maximum absolute atomic E-state index is 6.03. The van der Waals surface area contributed by atoms with Gasteiger partial charge in [0.25, 0.3) is 0 Å². The maximum Gasteiger partial charge on any atom is 0.190 e. The van der Waals surface area contributed by atoms with Crippen LogP contribution in [0.25, 0.3) is 0 Å². The number of rotatable bonds is 2. The fourth-order valence-corrected chi connectivity index (χ4v) is 2.72. The van der Waals surface area contributed by atoms with E-state index in [1.54, 1.807) is 0 Å². The lowest BCUT2D eigenvalue weighted by atomic mass is 10.1. The van der Waals surface area contributed by atoms with Crippen LogP contribution >= 0.6 is 23.4 Å². The van der Waals surface area contributed by atoms with E-state index in [1.807, 2.05) is 12.3 Å². The van der Waals surface area contributed by atoms with E-state index in [2.05, 4.69) is 14.9 Å². The molecular weight excluding hydrogens is 254 g/mol. The first kappa shape index (κ1) is 13.0. The molecule has 0 spiro atoms. The van der Waals surface area contributed by atoms with E-state index in [0.717, 1.165) is 24.1 Å². The molecule has 1 aromatic rings. The molecule has 2 rings (SSSR count). The van der Waals surface area contributed by atoms with Gasteiger partial charge in [0.15, 0.2) is 5.16 Å². The van der Waals surface area contributed by atoms with Gasteiger partial charge in [0, 0.05) is 19.2 Å². The van der Waals surface area contributed by atoms with Gasteiger partial charge in [0.2, 0.25) is 0 Å². The second-order valence-electron chi connectivity index (χ2n) is 4.29. The largest absolute Gasteiger partial charge is 0.356 e. The summed E-state index contributed by atoms with van der Waals surface area (Å²) in [6.45, 7) is 2.17. The molecule has 2 heterocycles. The fourth-order valence-electron chi connectivity index (χ4n) is 2.12. The van der Waals surface area contributed by atoms with Crippen molar-refractivity contribution < 1.29 is 0 Å². The Balaban J connectivity index is 2.15. The van der Waals surface area contributed by atoms with Crippen molar-refractivity contribution in [3.05, 3.63) is 11.2 Å². The van der Waals surface area contributed by atoms with Crippen LogP contribution in [0.2, 0.25) is 5.15 Å². The van der Waals surface area contributed by atoms with Gasteiger partial charge in [-0.25, -0.2) is 9.97 Å². The second kappa shape index (κ2) is 6.45. The van der Waals surface area contributed by atoms with Crippen molar-refractivity contribution in [2.24, 2.45) is 0 Å². The number of nitrogens with zero attached hydrogens (tertiary/aromatic N) is 3. The topological polar surface area (TPSA) is 29.0 Å². The lowest BCUT2D eigenvalue weighted by Gasteiger charge is -2.25. The molecule has 0 N–H and O–H groups in total. The highest BCUT2D eigenvalue weighted by Crippen LogP contribution is 2.22. The van der Waals surface area contributed by atoms with E-state index in [-0.39, 0.29) is 0 Å². The fraction of sp³-hybridized carbons (Fsp3) is 0.667. The number of anilines is 1. The average Bonchev–Trinajstić information content (AvgIpc) is 2.27. The second-order valence-corrected chi connectivity index (χ2v) is 5.45. The molecule has 1 aromatic heterocycles. The Morgan fingerprint density at radius 3 is 2.41 bits per heavy atom. The summed E-state index contributed by atoms with van der Waals surface area (Å²) in [5.74, 6) is 0.983. The Morgan fingerprint density at radius 2 is 1.76 bits per heavy atom. The van der Waals surface area contributed by atoms with Crippen LogP contribution in [-0.2, 0) is 0 Å². The van der Waals surface area contributed by atoms with E-state index in [0.29, 0.717) is 5.15 Å². The van der Waals surface area contributed by atoms with E-state index >= 15 is 0 Å². The van der Waals surface area contributed by atoms with Crippen molar-refractivity contribution in [2.45, 2.75) is 37.3 Å². The Hall–Kier alpha value is -0.480. The van der Waals surface area contributed by atoms with Crippen molar-refractivity contribution in [3.63, 3.8) is 0 Å². The maximum atomic E-state index is 6.03. The molecule has 5 heteroatoms. The number of hydrogen-bond donors (Lipinski definition) is 0. The van der Waals surface area contributed by atoms with Crippen LogP contribution in [0.3, 0.4) is 0 Å². The van der Waals surface area contributed by atoms with Gasteiger partial charge in [-0.1, -0.05) is 42.6 Å². The smallest absolute Gasteiger partial charge is 0.190 e. The van der Waals surface area contributed by atoms with Crippen LogP contribution in [0.15, 0.2) is 11.2 Å². The molecular formula is C12H18ClN3S. The van der Waals surface area contributed by atoms with Crippen LogP contribution in [0.1, 0.15) is 32.1 Å². The normalized spacial score (nSPS) is 17.6. The summed E-state index contributed by atoms with van der Waals surface area (Å²) in [4.78, 5) is 11.1. The summed E-state index contributed by atoms with van der Waals surface area (Å²) in [6.07, 6.45) is 8.49. The molecule has 0 radical (unpaired) electrons. The number of halogens is 1. The van der Waals surface area contributed by atoms with Gasteiger partial charge >= 0.3 is 0 Å². The highest BCUT2D eigenvalue weighted by molar-refractivity contribution is 7.98. The van der Waals surface area contributed by atoms with Crippen LogP contribution in [0.5, 0.6) is 0 Å². The predicted octanol–water partition coefficient (Wildman–Crippen LogP) is 3.62. The zero-order valence-electron chi connectivity index (χ0n) is 10.2. The standard InChI is InChI=1S/C12H18ClN3S/c1-17-12-14-10(13)9-11(15-12)16-7-5-3-2-4-6-8-16/h9H,2-8H2,1H3. The van der Waals surface area contributed by atoms with Crippen molar-refractivity contribution in [3.8, 4) is 0 Å².